The molecule has 2 aromatic rings. The highest BCUT2D eigenvalue weighted by Crippen LogP contribution is 2.19. The summed E-state index contributed by atoms with van der Waals surface area (Å²) in [5.41, 5.74) is 1.46. The van der Waals surface area contributed by atoms with E-state index in [0.717, 1.165) is 5.56 Å². The lowest BCUT2D eigenvalue weighted by Crippen LogP contribution is -2.49. The van der Waals surface area contributed by atoms with Gasteiger partial charge in [-0.3, -0.25) is 9.59 Å². The molecule has 6 heteroatoms. The van der Waals surface area contributed by atoms with Crippen LogP contribution in [-0.2, 0) is 22.6 Å². The second-order valence-electron chi connectivity index (χ2n) is 6.23. The molecular formula is C21H24ClFN2O2. The van der Waals surface area contributed by atoms with Gasteiger partial charge >= 0.3 is 0 Å². The van der Waals surface area contributed by atoms with Gasteiger partial charge < -0.3 is 10.2 Å². The summed E-state index contributed by atoms with van der Waals surface area (Å²) in [5.74, 6) is -0.747. The van der Waals surface area contributed by atoms with Crippen molar-refractivity contribution >= 4 is 23.4 Å². The minimum absolute atomic E-state index is 0.0940. The zero-order valence-electron chi connectivity index (χ0n) is 15.5. The van der Waals surface area contributed by atoms with Crippen molar-refractivity contribution in [2.24, 2.45) is 0 Å². The van der Waals surface area contributed by atoms with Crippen LogP contribution in [0.2, 0.25) is 5.02 Å². The number of likely N-dealkylation sites (N-methyl/N-ethyl adjacent to an activating group) is 1. The van der Waals surface area contributed by atoms with E-state index < -0.39 is 6.04 Å². The standard InChI is InChI=1S/C21H24ClFN2O2/c1-3-19(21(27)24-4-2)25(14-15-9-11-17(23)12-10-15)20(26)13-16-7-5-6-8-18(16)22/h5-12,19H,3-4,13-14H2,1-2H3,(H,24,27)/t19-/m1/s1. The van der Waals surface area contributed by atoms with Crippen molar-refractivity contribution in [3.05, 3.63) is 70.5 Å². The van der Waals surface area contributed by atoms with E-state index >= 15 is 0 Å². The summed E-state index contributed by atoms with van der Waals surface area (Å²) in [6.07, 6.45) is 0.568. The number of carbonyl (C=O) groups excluding carboxylic acids is 2. The Bertz CT molecular complexity index is 780. The number of amides is 2. The Morgan fingerprint density at radius 1 is 1.11 bits per heavy atom. The van der Waals surface area contributed by atoms with Crippen LogP contribution in [0.15, 0.2) is 48.5 Å². The van der Waals surface area contributed by atoms with E-state index in [2.05, 4.69) is 5.32 Å². The number of hydrogen-bond acceptors (Lipinski definition) is 2. The number of benzene rings is 2. The first kappa shape index (κ1) is 20.9. The van der Waals surface area contributed by atoms with Gasteiger partial charge in [-0.05, 0) is 42.7 Å². The number of halogens is 2. The van der Waals surface area contributed by atoms with E-state index in [1.807, 2.05) is 19.9 Å². The van der Waals surface area contributed by atoms with Gasteiger partial charge in [0.25, 0.3) is 0 Å². The highest BCUT2D eigenvalue weighted by atomic mass is 35.5. The Labute approximate surface area is 164 Å². The lowest BCUT2D eigenvalue weighted by atomic mass is 10.1. The van der Waals surface area contributed by atoms with Crippen LogP contribution in [0.25, 0.3) is 0 Å². The maximum Gasteiger partial charge on any atom is 0.242 e. The molecule has 2 rings (SSSR count). The maximum absolute atomic E-state index is 13.2. The Balaban J connectivity index is 2.29. The molecule has 1 atom stereocenters. The van der Waals surface area contributed by atoms with E-state index in [1.54, 1.807) is 35.2 Å². The molecule has 0 bridgehead atoms. The van der Waals surface area contributed by atoms with Gasteiger partial charge in [0.15, 0.2) is 0 Å². The van der Waals surface area contributed by atoms with Gasteiger partial charge in [0.05, 0.1) is 6.42 Å². The molecular weight excluding hydrogens is 367 g/mol. The largest absolute Gasteiger partial charge is 0.355 e. The summed E-state index contributed by atoms with van der Waals surface area (Å²) in [4.78, 5) is 27.1. The van der Waals surface area contributed by atoms with Crippen LogP contribution in [-0.4, -0.2) is 29.3 Å². The molecule has 0 aliphatic rings. The van der Waals surface area contributed by atoms with Gasteiger partial charge in [-0.2, -0.15) is 0 Å². The summed E-state index contributed by atoms with van der Waals surface area (Å²) in [7, 11) is 0. The Morgan fingerprint density at radius 3 is 2.37 bits per heavy atom. The molecule has 0 unspecified atom stereocenters. The molecule has 2 amide bonds. The summed E-state index contributed by atoms with van der Waals surface area (Å²) < 4.78 is 13.2. The van der Waals surface area contributed by atoms with Crippen molar-refractivity contribution in [2.45, 2.75) is 39.3 Å². The molecule has 0 saturated heterocycles. The number of carbonyl (C=O) groups is 2. The number of nitrogens with zero attached hydrogens (tertiary/aromatic N) is 1. The van der Waals surface area contributed by atoms with Gasteiger partial charge in [-0.15, -0.1) is 0 Å². The fraction of sp³-hybridized carbons (Fsp3) is 0.333. The Morgan fingerprint density at radius 2 is 1.78 bits per heavy atom. The molecule has 0 aliphatic carbocycles. The van der Waals surface area contributed by atoms with E-state index in [0.29, 0.717) is 23.6 Å². The Kier molecular flexibility index (Phi) is 7.80. The first-order chi connectivity index (χ1) is 13.0. The first-order valence-electron chi connectivity index (χ1n) is 9.01. The summed E-state index contributed by atoms with van der Waals surface area (Å²) in [6.45, 7) is 4.40. The van der Waals surface area contributed by atoms with Gasteiger partial charge in [0.1, 0.15) is 11.9 Å². The fourth-order valence-corrected chi connectivity index (χ4v) is 3.11. The summed E-state index contributed by atoms with van der Waals surface area (Å²) >= 11 is 6.18. The average Bonchev–Trinajstić information content (AvgIpc) is 2.65. The fourth-order valence-electron chi connectivity index (χ4n) is 2.90. The minimum Gasteiger partial charge on any atom is -0.355 e. The minimum atomic E-state index is -0.606. The molecule has 27 heavy (non-hydrogen) atoms. The normalized spacial score (nSPS) is 11.7. The van der Waals surface area contributed by atoms with E-state index in [4.69, 9.17) is 11.6 Å². The predicted molar refractivity (Wildman–Crippen MR) is 105 cm³/mol. The molecule has 0 spiro atoms. The first-order valence-corrected chi connectivity index (χ1v) is 9.39. The number of nitrogens with one attached hydrogen (secondary N) is 1. The van der Waals surface area contributed by atoms with Crippen molar-refractivity contribution < 1.29 is 14.0 Å². The van der Waals surface area contributed by atoms with Gasteiger partial charge in [0.2, 0.25) is 11.8 Å². The molecule has 144 valence electrons. The van der Waals surface area contributed by atoms with E-state index in [1.165, 1.54) is 12.1 Å². The van der Waals surface area contributed by atoms with Crippen molar-refractivity contribution in [3.63, 3.8) is 0 Å². The lowest BCUT2D eigenvalue weighted by molar-refractivity contribution is -0.140. The van der Waals surface area contributed by atoms with Gasteiger partial charge in [-0.25, -0.2) is 4.39 Å². The van der Waals surface area contributed by atoms with Gasteiger partial charge in [0, 0.05) is 18.1 Å². The Hall–Kier alpha value is -2.40. The quantitative estimate of drug-likeness (QED) is 0.741. The second kappa shape index (κ2) is 10.1. The number of rotatable bonds is 8. The SMILES string of the molecule is CCNC(=O)[C@@H](CC)N(Cc1ccc(F)cc1)C(=O)Cc1ccccc1Cl. The molecule has 4 nitrogen and oxygen atoms in total. The van der Waals surface area contributed by atoms with Crippen LogP contribution in [0.4, 0.5) is 4.39 Å². The molecule has 0 saturated carbocycles. The number of hydrogen-bond donors (Lipinski definition) is 1. The van der Waals surface area contributed by atoms with Crippen LogP contribution >= 0.6 is 11.6 Å². The zero-order valence-corrected chi connectivity index (χ0v) is 16.3. The molecule has 2 aromatic carbocycles. The predicted octanol–water partition coefficient (Wildman–Crippen LogP) is 3.97. The van der Waals surface area contributed by atoms with E-state index in [9.17, 15) is 14.0 Å². The summed E-state index contributed by atoms with van der Waals surface area (Å²) in [6, 6.07) is 12.5. The van der Waals surface area contributed by atoms with Gasteiger partial charge in [-0.1, -0.05) is 48.9 Å². The average molecular weight is 391 g/mol. The topological polar surface area (TPSA) is 49.4 Å². The van der Waals surface area contributed by atoms with Crippen molar-refractivity contribution in [3.8, 4) is 0 Å². The van der Waals surface area contributed by atoms with Crippen LogP contribution < -0.4 is 5.32 Å². The zero-order chi connectivity index (χ0) is 19.8. The highest BCUT2D eigenvalue weighted by molar-refractivity contribution is 6.31. The van der Waals surface area contributed by atoms with Crippen molar-refractivity contribution in [1.29, 1.82) is 0 Å². The summed E-state index contributed by atoms with van der Waals surface area (Å²) in [5, 5.41) is 3.30. The molecule has 0 aliphatic heterocycles. The molecule has 0 heterocycles. The molecule has 0 fully saturated rings. The lowest BCUT2D eigenvalue weighted by Gasteiger charge is -2.30. The maximum atomic E-state index is 13.2. The third-order valence-corrected chi connectivity index (χ3v) is 4.67. The third kappa shape index (κ3) is 5.79. The highest BCUT2D eigenvalue weighted by Gasteiger charge is 2.28. The van der Waals surface area contributed by atoms with Crippen LogP contribution in [0, 0.1) is 5.82 Å². The molecule has 1 N–H and O–H groups in total. The molecule has 0 aromatic heterocycles. The second-order valence-corrected chi connectivity index (χ2v) is 6.64. The van der Waals surface area contributed by atoms with Crippen LogP contribution in [0.3, 0.4) is 0 Å². The van der Waals surface area contributed by atoms with Crippen molar-refractivity contribution in [1.82, 2.24) is 10.2 Å². The monoisotopic (exact) mass is 390 g/mol. The van der Waals surface area contributed by atoms with Crippen LogP contribution in [0.1, 0.15) is 31.4 Å². The third-order valence-electron chi connectivity index (χ3n) is 4.30. The van der Waals surface area contributed by atoms with Crippen LogP contribution in [0.5, 0.6) is 0 Å². The smallest absolute Gasteiger partial charge is 0.242 e. The van der Waals surface area contributed by atoms with Crippen molar-refractivity contribution in [2.75, 3.05) is 6.54 Å². The van der Waals surface area contributed by atoms with E-state index in [-0.39, 0.29) is 30.6 Å². The molecule has 0 radical (unpaired) electrons.